The van der Waals surface area contributed by atoms with Crippen LogP contribution in [0.4, 0.5) is 0 Å². The molecule has 0 aliphatic heterocycles. The predicted molar refractivity (Wildman–Crippen MR) is 119 cm³/mol. The van der Waals surface area contributed by atoms with E-state index in [1.807, 2.05) is 13.8 Å². The number of hydrogen-bond donors (Lipinski definition) is 2. The molecule has 2 bridgehead atoms. The molecule has 3 fully saturated rings. The van der Waals surface area contributed by atoms with E-state index in [0.29, 0.717) is 75.0 Å². The van der Waals surface area contributed by atoms with Crippen LogP contribution in [0.1, 0.15) is 71.0 Å². The second-order valence-electron chi connectivity index (χ2n) is 9.29. The third-order valence-corrected chi connectivity index (χ3v) is 9.97. The lowest BCUT2D eigenvalue weighted by Gasteiger charge is -2.51. The second-order valence-corrected chi connectivity index (χ2v) is 11.7. The van der Waals surface area contributed by atoms with Crippen molar-refractivity contribution in [1.29, 1.82) is 0 Å². The topological polar surface area (TPSA) is 144 Å². The zero-order chi connectivity index (χ0) is 23.3. The Morgan fingerprint density at radius 3 is 2.12 bits per heavy atom. The molecule has 5 rings (SSSR count). The quantitative estimate of drug-likeness (QED) is 0.600. The standard InChI is InChI=1S/C21H30N4O6S/c1-3-11-24-16-15(17(28)25(12-4-2)19(24)29)22-18(23-16)20-5-8-21(9-6-20,10-7-20)32(30,31)13-14(26)27/h3-13H2,1-2H3,(H,22,23)(H,26,27). The molecule has 2 heterocycles. The number of aromatic amines is 1. The summed E-state index contributed by atoms with van der Waals surface area (Å²) in [5.41, 5.74) is -0.447. The van der Waals surface area contributed by atoms with E-state index in [0.717, 1.165) is 6.42 Å². The lowest BCUT2D eigenvalue weighted by Crippen LogP contribution is -2.54. The molecule has 2 N–H and O–H groups in total. The van der Waals surface area contributed by atoms with Gasteiger partial charge in [0.25, 0.3) is 5.56 Å². The number of carbonyl (C=O) groups is 1. The van der Waals surface area contributed by atoms with E-state index < -0.39 is 31.7 Å². The van der Waals surface area contributed by atoms with Gasteiger partial charge in [-0.25, -0.2) is 18.2 Å². The molecule has 176 valence electrons. The Morgan fingerprint density at radius 1 is 1.03 bits per heavy atom. The van der Waals surface area contributed by atoms with Crippen molar-refractivity contribution in [2.24, 2.45) is 0 Å². The number of sulfone groups is 1. The Hall–Kier alpha value is -2.43. The molecule has 0 amide bonds. The number of carboxylic acids is 1. The van der Waals surface area contributed by atoms with Crippen molar-refractivity contribution in [3.05, 3.63) is 26.7 Å². The zero-order valence-electron chi connectivity index (χ0n) is 18.5. The molecule has 0 aromatic carbocycles. The molecule has 0 saturated heterocycles. The van der Waals surface area contributed by atoms with E-state index in [4.69, 9.17) is 10.1 Å². The lowest BCUT2D eigenvalue weighted by molar-refractivity contribution is -0.134. The normalized spacial score (nSPS) is 25.4. The maximum atomic E-state index is 13.0. The fourth-order valence-electron chi connectivity index (χ4n) is 5.55. The van der Waals surface area contributed by atoms with Crippen LogP contribution < -0.4 is 11.2 Å². The molecule has 3 aliphatic rings. The van der Waals surface area contributed by atoms with E-state index in [-0.39, 0.29) is 11.2 Å². The Balaban J connectivity index is 1.76. The molecule has 0 spiro atoms. The molecule has 0 unspecified atom stereocenters. The van der Waals surface area contributed by atoms with Gasteiger partial charge in [-0.05, 0) is 51.4 Å². The Kier molecular flexibility index (Phi) is 5.59. The van der Waals surface area contributed by atoms with Crippen LogP contribution >= 0.6 is 0 Å². The minimum Gasteiger partial charge on any atom is -0.480 e. The van der Waals surface area contributed by atoms with Crippen LogP contribution in [0.2, 0.25) is 0 Å². The summed E-state index contributed by atoms with van der Waals surface area (Å²) >= 11 is 0. The third-order valence-electron chi connectivity index (χ3n) is 7.41. The first-order valence-electron chi connectivity index (χ1n) is 11.3. The number of imidazole rings is 1. The fourth-order valence-corrected chi connectivity index (χ4v) is 7.42. The Morgan fingerprint density at radius 2 is 1.59 bits per heavy atom. The molecule has 32 heavy (non-hydrogen) atoms. The number of rotatable bonds is 8. The van der Waals surface area contributed by atoms with Gasteiger partial charge in [0, 0.05) is 18.5 Å². The van der Waals surface area contributed by atoms with Crippen LogP contribution in [-0.4, -0.2) is 49.1 Å². The number of carboxylic acid groups (broad SMARTS) is 1. The molecule has 2 aromatic heterocycles. The van der Waals surface area contributed by atoms with Crippen molar-refractivity contribution in [3.8, 4) is 0 Å². The van der Waals surface area contributed by atoms with Gasteiger partial charge >= 0.3 is 11.7 Å². The number of aromatic nitrogens is 4. The van der Waals surface area contributed by atoms with Crippen molar-refractivity contribution >= 4 is 27.0 Å². The number of aryl methyl sites for hydroxylation is 1. The summed E-state index contributed by atoms with van der Waals surface area (Å²) in [5, 5.41) is 9.04. The maximum Gasteiger partial charge on any atom is 0.332 e. The number of nitrogens with one attached hydrogen (secondary N) is 1. The zero-order valence-corrected chi connectivity index (χ0v) is 19.3. The summed E-state index contributed by atoms with van der Waals surface area (Å²) in [5.74, 6) is -1.53. The average molecular weight is 467 g/mol. The van der Waals surface area contributed by atoms with Crippen molar-refractivity contribution in [2.75, 3.05) is 5.75 Å². The summed E-state index contributed by atoms with van der Waals surface area (Å²) in [4.78, 5) is 45.0. The van der Waals surface area contributed by atoms with Gasteiger partial charge in [0.2, 0.25) is 0 Å². The van der Waals surface area contributed by atoms with Crippen LogP contribution in [0.25, 0.3) is 11.2 Å². The van der Waals surface area contributed by atoms with Crippen molar-refractivity contribution < 1.29 is 18.3 Å². The van der Waals surface area contributed by atoms with E-state index in [1.165, 1.54) is 4.57 Å². The molecule has 3 aliphatic carbocycles. The molecule has 2 aromatic rings. The van der Waals surface area contributed by atoms with Crippen LogP contribution in [0.3, 0.4) is 0 Å². The Bertz CT molecular complexity index is 1260. The van der Waals surface area contributed by atoms with Gasteiger partial charge in [-0.3, -0.25) is 18.7 Å². The second kappa shape index (κ2) is 7.86. The highest BCUT2D eigenvalue weighted by Crippen LogP contribution is 2.56. The van der Waals surface area contributed by atoms with Gasteiger partial charge in [0.15, 0.2) is 15.5 Å². The van der Waals surface area contributed by atoms with E-state index in [2.05, 4.69) is 4.98 Å². The molecule has 0 radical (unpaired) electrons. The fraction of sp³-hybridized carbons (Fsp3) is 0.714. The average Bonchev–Trinajstić information content (AvgIpc) is 3.21. The first-order chi connectivity index (χ1) is 15.1. The monoisotopic (exact) mass is 466 g/mol. The van der Waals surface area contributed by atoms with Crippen LogP contribution in [-0.2, 0) is 33.1 Å². The molecule has 0 atom stereocenters. The predicted octanol–water partition coefficient (Wildman–Crippen LogP) is 1.55. The minimum atomic E-state index is -3.76. The minimum absolute atomic E-state index is 0.316. The molecule has 10 nitrogen and oxygen atoms in total. The van der Waals surface area contributed by atoms with Gasteiger partial charge < -0.3 is 10.1 Å². The van der Waals surface area contributed by atoms with Crippen molar-refractivity contribution in [3.63, 3.8) is 0 Å². The number of nitrogens with zero attached hydrogens (tertiary/aromatic N) is 3. The highest BCUT2D eigenvalue weighted by Gasteiger charge is 2.57. The first-order valence-corrected chi connectivity index (χ1v) is 12.9. The van der Waals surface area contributed by atoms with Crippen LogP contribution in [0.5, 0.6) is 0 Å². The third kappa shape index (κ3) is 3.32. The van der Waals surface area contributed by atoms with E-state index in [9.17, 15) is 22.8 Å². The van der Waals surface area contributed by atoms with Crippen molar-refractivity contribution in [2.45, 2.75) is 88.5 Å². The molecular weight excluding hydrogens is 436 g/mol. The van der Waals surface area contributed by atoms with Gasteiger partial charge in [-0.1, -0.05) is 13.8 Å². The number of aliphatic carboxylic acids is 1. The highest BCUT2D eigenvalue weighted by atomic mass is 32.2. The molecule has 11 heteroatoms. The van der Waals surface area contributed by atoms with Crippen molar-refractivity contribution in [1.82, 2.24) is 19.1 Å². The lowest BCUT2D eigenvalue weighted by atomic mass is 9.60. The largest absolute Gasteiger partial charge is 0.480 e. The first kappa shape index (κ1) is 22.8. The number of H-pyrrole nitrogens is 1. The number of fused-ring (bicyclic) bond motifs is 4. The molecular formula is C21H30N4O6S. The summed E-state index contributed by atoms with van der Waals surface area (Å²) in [7, 11) is -3.76. The Labute approximate surface area is 185 Å². The SMILES string of the molecule is CCCn1c(=O)c2[nH]c(C34CCC(S(=O)(=O)CC(=O)O)(CC3)CC4)nc2n(CCC)c1=O. The van der Waals surface area contributed by atoms with Gasteiger partial charge in [-0.15, -0.1) is 0 Å². The maximum absolute atomic E-state index is 13.0. The van der Waals surface area contributed by atoms with Crippen LogP contribution in [0, 0.1) is 0 Å². The number of hydrogen-bond acceptors (Lipinski definition) is 6. The summed E-state index contributed by atoms with van der Waals surface area (Å²) in [6, 6.07) is 0. The molecule has 3 saturated carbocycles. The van der Waals surface area contributed by atoms with Gasteiger partial charge in [0.05, 0.1) is 4.75 Å². The van der Waals surface area contributed by atoms with Gasteiger partial charge in [0.1, 0.15) is 17.1 Å². The summed E-state index contributed by atoms with van der Waals surface area (Å²) < 4.78 is 27.3. The van der Waals surface area contributed by atoms with E-state index >= 15 is 0 Å². The smallest absolute Gasteiger partial charge is 0.332 e. The van der Waals surface area contributed by atoms with Gasteiger partial charge in [-0.2, -0.15) is 0 Å². The highest BCUT2D eigenvalue weighted by molar-refractivity contribution is 7.93. The van der Waals surface area contributed by atoms with Crippen LogP contribution in [0.15, 0.2) is 9.59 Å². The summed E-state index contributed by atoms with van der Waals surface area (Å²) in [6.07, 6.45) is 4.15. The van der Waals surface area contributed by atoms with E-state index in [1.54, 1.807) is 4.57 Å². The summed E-state index contributed by atoms with van der Waals surface area (Å²) in [6.45, 7) is 4.65.